The highest BCUT2D eigenvalue weighted by Crippen LogP contribution is 2.28. The molecule has 0 saturated carbocycles. The highest BCUT2D eigenvalue weighted by atomic mass is 32.2. The molecule has 0 aromatic carbocycles. The van der Waals surface area contributed by atoms with Crippen LogP contribution in [0.5, 0.6) is 0 Å². The zero-order chi connectivity index (χ0) is 10.1. The molecule has 0 saturated heterocycles. The van der Waals surface area contributed by atoms with Crippen molar-refractivity contribution in [3.8, 4) is 0 Å². The first-order valence-electron chi connectivity index (χ1n) is 5.11. The van der Waals surface area contributed by atoms with Crippen molar-refractivity contribution in [2.24, 2.45) is 5.73 Å². The van der Waals surface area contributed by atoms with Crippen LogP contribution in [-0.2, 0) is 18.7 Å². The average Bonchev–Trinajstić information content (AvgIpc) is 2.56. The highest BCUT2D eigenvalue weighted by Gasteiger charge is 2.20. The molecule has 2 N–H and O–H groups in total. The van der Waals surface area contributed by atoms with Gasteiger partial charge >= 0.3 is 0 Å². The number of nitrogens with two attached hydrogens (primary N) is 1. The fourth-order valence-electron chi connectivity index (χ4n) is 1.93. The van der Waals surface area contributed by atoms with E-state index in [0.29, 0.717) is 12.6 Å². The maximum atomic E-state index is 5.70. The third-order valence-corrected chi connectivity index (χ3v) is 3.59. The quantitative estimate of drug-likeness (QED) is 0.810. The van der Waals surface area contributed by atoms with Gasteiger partial charge in [-0.15, -0.1) is 0 Å². The number of hydrogen-bond donors (Lipinski definition) is 1. The third kappa shape index (κ3) is 1.57. The molecule has 1 aromatic heterocycles. The van der Waals surface area contributed by atoms with Gasteiger partial charge in [-0.05, 0) is 31.6 Å². The normalized spacial score (nSPS) is 16.0. The summed E-state index contributed by atoms with van der Waals surface area (Å²) in [4.78, 5) is 0. The molecule has 0 spiro atoms. The molecule has 0 radical (unpaired) electrons. The maximum absolute atomic E-state index is 5.70. The fourth-order valence-corrected chi connectivity index (χ4v) is 2.92. The number of aromatic nitrogens is 2. The van der Waals surface area contributed by atoms with E-state index in [1.807, 2.05) is 11.8 Å². The summed E-state index contributed by atoms with van der Waals surface area (Å²) in [6, 6.07) is 0.447. The van der Waals surface area contributed by atoms with Crippen molar-refractivity contribution < 1.29 is 0 Å². The van der Waals surface area contributed by atoms with Crippen LogP contribution >= 0.6 is 11.8 Å². The Labute approximate surface area is 89.1 Å². The van der Waals surface area contributed by atoms with Gasteiger partial charge in [0.2, 0.25) is 0 Å². The molecule has 2 heterocycles. The first-order valence-corrected chi connectivity index (χ1v) is 6.26. The summed E-state index contributed by atoms with van der Waals surface area (Å²) in [5, 5.41) is 4.59. The first kappa shape index (κ1) is 10.1. The second-order valence-electron chi connectivity index (χ2n) is 3.92. The van der Waals surface area contributed by atoms with Gasteiger partial charge in [-0.25, -0.2) is 0 Å². The van der Waals surface area contributed by atoms with Gasteiger partial charge in [-0.3, -0.25) is 4.68 Å². The Hall–Kier alpha value is -0.480. The molecular weight excluding hydrogens is 194 g/mol. The number of fused-ring (bicyclic) bond motifs is 1. The van der Waals surface area contributed by atoms with Crippen LogP contribution in [0, 0.1) is 0 Å². The van der Waals surface area contributed by atoms with E-state index in [1.54, 1.807) is 0 Å². The standard InChI is InChI=1S/C10H17N3S/c1-7(2)13-10-6-14-4-3-8(10)9(5-11)12-13/h7H,3-6,11H2,1-2H3. The van der Waals surface area contributed by atoms with Crippen molar-refractivity contribution in [1.82, 2.24) is 9.78 Å². The van der Waals surface area contributed by atoms with Gasteiger partial charge < -0.3 is 5.73 Å². The lowest BCUT2D eigenvalue weighted by Crippen LogP contribution is -2.10. The van der Waals surface area contributed by atoms with E-state index >= 15 is 0 Å². The molecule has 0 amide bonds. The monoisotopic (exact) mass is 211 g/mol. The zero-order valence-corrected chi connectivity index (χ0v) is 9.60. The number of nitrogens with zero attached hydrogens (tertiary/aromatic N) is 2. The molecular formula is C10H17N3S. The number of hydrogen-bond acceptors (Lipinski definition) is 3. The summed E-state index contributed by atoms with van der Waals surface area (Å²) in [7, 11) is 0. The lowest BCUT2D eigenvalue weighted by Gasteiger charge is -2.15. The maximum Gasteiger partial charge on any atom is 0.0795 e. The first-order chi connectivity index (χ1) is 6.74. The van der Waals surface area contributed by atoms with Gasteiger partial charge in [0.1, 0.15) is 0 Å². The van der Waals surface area contributed by atoms with E-state index < -0.39 is 0 Å². The Balaban J connectivity index is 2.46. The molecule has 0 unspecified atom stereocenters. The van der Waals surface area contributed by atoms with Crippen LogP contribution in [-0.4, -0.2) is 15.5 Å². The van der Waals surface area contributed by atoms with Gasteiger partial charge in [0.05, 0.1) is 11.4 Å². The van der Waals surface area contributed by atoms with Crippen molar-refractivity contribution in [2.45, 2.75) is 38.6 Å². The van der Waals surface area contributed by atoms with E-state index in [2.05, 4.69) is 23.6 Å². The summed E-state index contributed by atoms with van der Waals surface area (Å²) in [6.07, 6.45) is 1.14. The summed E-state index contributed by atoms with van der Waals surface area (Å²) >= 11 is 1.99. The van der Waals surface area contributed by atoms with Crippen molar-refractivity contribution in [3.63, 3.8) is 0 Å². The van der Waals surface area contributed by atoms with Gasteiger partial charge in [-0.2, -0.15) is 16.9 Å². The molecule has 0 fully saturated rings. The van der Waals surface area contributed by atoms with Crippen molar-refractivity contribution in [2.75, 3.05) is 5.75 Å². The smallest absolute Gasteiger partial charge is 0.0795 e. The van der Waals surface area contributed by atoms with Crippen LogP contribution in [0.15, 0.2) is 0 Å². The van der Waals surface area contributed by atoms with Crippen molar-refractivity contribution in [1.29, 1.82) is 0 Å². The Morgan fingerprint density at radius 3 is 3.00 bits per heavy atom. The SMILES string of the molecule is CC(C)n1nc(CN)c2c1CSCC2. The van der Waals surface area contributed by atoms with Crippen LogP contribution in [0.25, 0.3) is 0 Å². The van der Waals surface area contributed by atoms with Crippen molar-refractivity contribution >= 4 is 11.8 Å². The van der Waals surface area contributed by atoms with Crippen LogP contribution in [0.1, 0.15) is 36.8 Å². The molecule has 14 heavy (non-hydrogen) atoms. The summed E-state index contributed by atoms with van der Waals surface area (Å²) in [5.41, 5.74) is 9.63. The van der Waals surface area contributed by atoms with E-state index in [0.717, 1.165) is 17.9 Å². The average molecular weight is 211 g/mol. The van der Waals surface area contributed by atoms with Crippen LogP contribution in [0.2, 0.25) is 0 Å². The zero-order valence-electron chi connectivity index (χ0n) is 8.79. The lowest BCUT2D eigenvalue weighted by atomic mass is 10.1. The topological polar surface area (TPSA) is 43.8 Å². The van der Waals surface area contributed by atoms with Crippen LogP contribution < -0.4 is 5.73 Å². The van der Waals surface area contributed by atoms with E-state index in [1.165, 1.54) is 17.0 Å². The second-order valence-corrected chi connectivity index (χ2v) is 5.02. The molecule has 2 rings (SSSR count). The van der Waals surface area contributed by atoms with Crippen LogP contribution in [0.4, 0.5) is 0 Å². The fraction of sp³-hybridized carbons (Fsp3) is 0.700. The highest BCUT2D eigenvalue weighted by molar-refractivity contribution is 7.98. The van der Waals surface area contributed by atoms with Crippen molar-refractivity contribution in [3.05, 3.63) is 17.0 Å². The summed E-state index contributed by atoms with van der Waals surface area (Å²) in [5.74, 6) is 2.31. The molecule has 0 bridgehead atoms. The Kier molecular flexibility index (Phi) is 2.83. The van der Waals surface area contributed by atoms with E-state index in [-0.39, 0.29) is 0 Å². The largest absolute Gasteiger partial charge is 0.325 e. The molecule has 1 aliphatic heterocycles. The van der Waals surface area contributed by atoms with Gasteiger partial charge in [-0.1, -0.05) is 0 Å². The number of rotatable bonds is 2. The predicted molar refractivity (Wildman–Crippen MR) is 60.4 cm³/mol. The Bertz CT molecular complexity index is 330. The molecule has 0 aliphatic carbocycles. The molecule has 0 atom stereocenters. The minimum absolute atomic E-state index is 0.447. The second kappa shape index (κ2) is 3.95. The minimum Gasteiger partial charge on any atom is -0.325 e. The summed E-state index contributed by atoms with van der Waals surface area (Å²) in [6.45, 7) is 4.92. The van der Waals surface area contributed by atoms with Crippen LogP contribution in [0.3, 0.4) is 0 Å². The third-order valence-electron chi connectivity index (χ3n) is 2.62. The molecule has 3 nitrogen and oxygen atoms in total. The molecule has 4 heteroatoms. The van der Waals surface area contributed by atoms with Gasteiger partial charge in [0, 0.05) is 18.3 Å². The van der Waals surface area contributed by atoms with Gasteiger partial charge in [0.15, 0.2) is 0 Å². The lowest BCUT2D eigenvalue weighted by molar-refractivity contribution is 0.511. The van der Waals surface area contributed by atoms with E-state index in [4.69, 9.17) is 5.73 Å². The van der Waals surface area contributed by atoms with Gasteiger partial charge in [0.25, 0.3) is 0 Å². The molecule has 78 valence electrons. The molecule has 1 aliphatic rings. The number of thioether (sulfide) groups is 1. The Morgan fingerprint density at radius 1 is 1.57 bits per heavy atom. The predicted octanol–water partition coefficient (Wildman–Crippen LogP) is 1.71. The Morgan fingerprint density at radius 2 is 2.36 bits per heavy atom. The summed E-state index contributed by atoms with van der Waals surface area (Å²) < 4.78 is 2.14. The molecule has 1 aromatic rings. The van der Waals surface area contributed by atoms with E-state index in [9.17, 15) is 0 Å². The minimum atomic E-state index is 0.447.